The molecule has 2 N–H and O–H groups in total. The van der Waals surface area contributed by atoms with E-state index in [4.69, 9.17) is 0 Å². The lowest BCUT2D eigenvalue weighted by Crippen LogP contribution is -1.79. The van der Waals surface area contributed by atoms with E-state index in [1.165, 1.54) is 5.69 Å². The van der Waals surface area contributed by atoms with Gasteiger partial charge in [-0.25, -0.2) is 0 Å². The Hall–Kier alpha value is -2.10. The molecule has 0 atom stereocenters. The van der Waals surface area contributed by atoms with Crippen LogP contribution in [0.5, 0.6) is 5.75 Å². The number of H-pyrrole nitrogens is 1. The van der Waals surface area contributed by atoms with E-state index >= 15 is 0 Å². The number of hydrogen-bond donors (Lipinski definition) is 2. The summed E-state index contributed by atoms with van der Waals surface area (Å²) in [5.41, 5.74) is 2.71. The number of rotatable bonds is 4. The van der Waals surface area contributed by atoms with Gasteiger partial charge in [-0.2, -0.15) is 0 Å². The van der Waals surface area contributed by atoms with Crippen LogP contribution in [0.2, 0.25) is 0 Å². The van der Waals surface area contributed by atoms with E-state index in [-0.39, 0.29) is 5.75 Å². The van der Waals surface area contributed by atoms with Gasteiger partial charge in [0.25, 0.3) is 0 Å². The fourth-order valence-corrected chi connectivity index (χ4v) is 1.78. The van der Waals surface area contributed by atoms with Crippen LogP contribution in [-0.2, 0) is 6.42 Å². The zero-order valence-electron chi connectivity index (χ0n) is 10.6. The van der Waals surface area contributed by atoms with Crippen molar-refractivity contribution < 1.29 is 5.11 Å². The molecule has 0 amide bonds. The van der Waals surface area contributed by atoms with Crippen LogP contribution in [0, 0.1) is 6.92 Å². The number of aromatic amines is 1. The Morgan fingerprint density at radius 2 is 2.00 bits per heavy atom. The predicted molar refractivity (Wildman–Crippen MR) is 71.8 cm³/mol. The van der Waals surface area contributed by atoms with Crippen LogP contribution in [0.3, 0.4) is 0 Å². The van der Waals surface area contributed by atoms with Crippen LogP contribution in [0.4, 0.5) is 11.5 Å². The van der Waals surface area contributed by atoms with Crippen LogP contribution < -0.4 is 0 Å². The molecule has 94 valence electrons. The first-order valence-corrected chi connectivity index (χ1v) is 6.09. The molecule has 1 aromatic heterocycles. The monoisotopic (exact) mass is 243 g/mol. The molecule has 0 fully saturated rings. The molecule has 0 aliphatic rings. The smallest absolute Gasteiger partial charge is 0.155 e. The van der Waals surface area contributed by atoms with Crippen molar-refractivity contribution in [2.75, 3.05) is 0 Å². The molecule has 2 aromatic rings. The van der Waals surface area contributed by atoms with Gasteiger partial charge in [-0.15, -0.1) is 10.2 Å². The number of azo groups is 1. The second-order valence-electron chi connectivity index (χ2n) is 4.26. The number of nitrogens with zero attached hydrogens (tertiary/aromatic N) is 2. The first kappa shape index (κ1) is 12.4. The SMILES string of the molecule is CCCc1cc(C)c(N=Nc2ccccc2O)[nH]1. The highest BCUT2D eigenvalue weighted by molar-refractivity contribution is 5.50. The second-order valence-corrected chi connectivity index (χ2v) is 4.26. The zero-order chi connectivity index (χ0) is 13.0. The third-order valence-corrected chi connectivity index (χ3v) is 2.70. The lowest BCUT2D eigenvalue weighted by atomic mass is 10.2. The molecule has 0 unspecified atom stereocenters. The summed E-state index contributed by atoms with van der Waals surface area (Å²) < 4.78 is 0. The average molecular weight is 243 g/mol. The third kappa shape index (κ3) is 2.77. The second kappa shape index (κ2) is 5.49. The van der Waals surface area contributed by atoms with Crippen LogP contribution >= 0.6 is 0 Å². The molecular formula is C14H17N3O. The maximum Gasteiger partial charge on any atom is 0.155 e. The summed E-state index contributed by atoms with van der Waals surface area (Å²) in [6.07, 6.45) is 2.10. The van der Waals surface area contributed by atoms with Crippen molar-refractivity contribution in [3.05, 3.63) is 41.6 Å². The molecule has 18 heavy (non-hydrogen) atoms. The van der Waals surface area contributed by atoms with E-state index < -0.39 is 0 Å². The van der Waals surface area contributed by atoms with Gasteiger partial charge in [0.1, 0.15) is 11.4 Å². The summed E-state index contributed by atoms with van der Waals surface area (Å²) in [6.45, 7) is 4.13. The summed E-state index contributed by atoms with van der Waals surface area (Å²) >= 11 is 0. The fourth-order valence-electron chi connectivity index (χ4n) is 1.78. The quantitative estimate of drug-likeness (QED) is 0.768. The highest BCUT2D eigenvalue weighted by atomic mass is 16.3. The number of nitrogens with one attached hydrogen (secondary N) is 1. The Bertz CT molecular complexity index is 558. The van der Waals surface area contributed by atoms with Crippen LogP contribution in [0.15, 0.2) is 40.6 Å². The van der Waals surface area contributed by atoms with E-state index in [1.54, 1.807) is 18.2 Å². The minimum atomic E-state index is 0.138. The van der Waals surface area contributed by atoms with Crippen molar-refractivity contribution in [1.29, 1.82) is 0 Å². The molecule has 2 rings (SSSR count). The van der Waals surface area contributed by atoms with Crippen molar-refractivity contribution >= 4 is 11.5 Å². The van der Waals surface area contributed by atoms with Gasteiger partial charge in [-0.3, -0.25) is 0 Å². The van der Waals surface area contributed by atoms with Crippen molar-refractivity contribution in [2.45, 2.75) is 26.7 Å². The minimum absolute atomic E-state index is 0.138. The van der Waals surface area contributed by atoms with E-state index in [1.807, 2.05) is 13.0 Å². The Balaban J connectivity index is 2.21. The molecule has 0 spiro atoms. The van der Waals surface area contributed by atoms with E-state index in [2.05, 4.69) is 28.2 Å². The zero-order valence-corrected chi connectivity index (χ0v) is 10.6. The summed E-state index contributed by atoms with van der Waals surface area (Å²) in [7, 11) is 0. The minimum Gasteiger partial charge on any atom is -0.506 e. The number of benzene rings is 1. The Kier molecular flexibility index (Phi) is 3.77. The Morgan fingerprint density at radius 3 is 2.72 bits per heavy atom. The third-order valence-electron chi connectivity index (χ3n) is 2.70. The van der Waals surface area contributed by atoms with E-state index in [0.717, 1.165) is 24.2 Å². The molecule has 1 aromatic carbocycles. The first-order chi connectivity index (χ1) is 8.70. The van der Waals surface area contributed by atoms with Gasteiger partial charge in [-0.05, 0) is 37.1 Å². The van der Waals surface area contributed by atoms with Crippen molar-refractivity contribution in [3.63, 3.8) is 0 Å². The van der Waals surface area contributed by atoms with Crippen molar-refractivity contribution in [2.24, 2.45) is 10.2 Å². The van der Waals surface area contributed by atoms with E-state index in [0.29, 0.717) is 5.69 Å². The summed E-state index contributed by atoms with van der Waals surface area (Å²) in [5.74, 6) is 0.890. The van der Waals surface area contributed by atoms with Gasteiger partial charge in [0.05, 0.1) is 0 Å². The molecule has 4 heteroatoms. The van der Waals surface area contributed by atoms with Gasteiger partial charge in [0, 0.05) is 5.69 Å². The molecule has 0 saturated heterocycles. The van der Waals surface area contributed by atoms with Gasteiger partial charge < -0.3 is 10.1 Å². The van der Waals surface area contributed by atoms with Gasteiger partial charge in [0.2, 0.25) is 0 Å². The maximum atomic E-state index is 9.58. The number of hydrogen-bond acceptors (Lipinski definition) is 3. The van der Waals surface area contributed by atoms with Crippen LogP contribution in [0.25, 0.3) is 0 Å². The molecular weight excluding hydrogens is 226 g/mol. The van der Waals surface area contributed by atoms with Crippen molar-refractivity contribution in [3.8, 4) is 5.75 Å². The number of aromatic hydroxyl groups is 1. The maximum absolute atomic E-state index is 9.58. The molecule has 4 nitrogen and oxygen atoms in total. The lowest BCUT2D eigenvalue weighted by molar-refractivity contribution is 0.476. The van der Waals surface area contributed by atoms with Gasteiger partial charge >= 0.3 is 0 Å². The number of aromatic nitrogens is 1. The normalized spacial score (nSPS) is 11.2. The Labute approximate surface area is 106 Å². The van der Waals surface area contributed by atoms with Crippen LogP contribution in [-0.4, -0.2) is 10.1 Å². The van der Waals surface area contributed by atoms with E-state index in [9.17, 15) is 5.11 Å². The molecule has 0 radical (unpaired) electrons. The number of aryl methyl sites for hydroxylation is 2. The van der Waals surface area contributed by atoms with Crippen LogP contribution in [0.1, 0.15) is 24.6 Å². The topological polar surface area (TPSA) is 60.7 Å². The molecule has 0 aliphatic carbocycles. The summed E-state index contributed by atoms with van der Waals surface area (Å²) in [4.78, 5) is 3.23. The Morgan fingerprint density at radius 1 is 1.22 bits per heavy atom. The number of phenols is 1. The molecule has 0 saturated carbocycles. The first-order valence-electron chi connectivity index (χ1n) is 6.09. The molecule has 0 bridgehead atoms. The highest BCUT2D eigenvalue weighted by Gasteiger charge is 2.03. The standard InChI is InChI=1S/C14H17N3O/c1-3-6-11-9-10(2)14(15-11)17-16-12-7-4-5-8-13(12)18/h4-5,7-9,15,18H,3,6H2,1-2H3. The molecule has 1 heterocycles. The number of para-hydroxylation sites is 1. The largest absolute Gasteiger partial charge is 0.506 e. The van der Waals surface area contributed by atoms with Crippen molar-refractivity contribution in [1.82, 2.24) is 4.98 Å². The summed E-state index contributed by atoms with van der Waals surface area (Å²) in [5, 5.41) is 17.8. The predicted octanol–water partition coefficient (Wildman–Crippen LogP) is 4.40. The lowest BCUT2D eigenvalue weighted by Gasteiger charge is -1.95. The average Bonchev–Trinajstić information content (AvgIpc) is 2.69. The summed E-state index contributed by atoms with van der Waals surface area (Å²) in [6, 6.07) is 8.98. The highest BCUT2D eigenvalue weighted by Crippen LogP contribution is 2.28. The van der Waals surface area contributed by atoms with Gasteiger partial charge in [0.15, 0.2) is 5.82 Å². The van der Waals surface area contributed by atoms with Gasteiger partial charge in [-0.1, -0.05) is 25.5 Å². The molecule has 0 aliphatic heterocycles. The number of phenolic OH excluding ortho intramolecular Hbond substituents is 1. The fraction of sp³-hybridized carbons (Fsp3) is 0.286.